The molecule has 1 aromatic heterocycles. The lowest BCUT2D eigenvalue weighted by Crippen LogP contribution is -2.27. The average molecular weight is 281 g/mol. The second kappa shape index (κ2) is 4.71. The Balaban J connectivity index is 1.88. The average Bonchev–Trinajstić information content (AvgIpc) is 2.79. The van der Waals surface area contributed by atoms with Crippen molar-refractivity contribution < 1.29 is 19.4 Å². The summed E-state index contributed by atoms with van der Waals surface area (Å²) in [6.45, 7) is 0.0297. The van der Waals surface area contributed by atoms with Crippen LogP contribution in [0.5, 0.6) is 0 Å². The van der Waals surface area contributed by atoms with E-state index in [0.717, 1.165) is 4.90 Å². The van der Waals surface area contributed by atoms with Crippen molar-refractivity contribution in [2.75, 3.05) is 29.1 Å². The summed E-state index contributed by atoms with van der Waals surface area (Å²) >= 11 is 1.40. The first-order valence-electron chi connectivity index (χ1n) is 5.70. The van der Waals surface area contributed by atoms with Crippen molar-refractivity contribution in [2.24, 2.45) is 0 Å². The smallest absolute Gasteiger partial charge is 0.416 e. The molecule has 1 aromatic rings. The Hall–Kier alpha value is -1.80. The zero-order valence-corrected chi connectivity index (χ0v) is 10.6. The largest absolute Gasteiger partial charge is 0.441 e. The number of pyridine rings is 1. The molecule has 0 radical (unpaired) electrons. The Morgan fingerprint density at radius 2 is 2.37 bits per heavy atom. The fourth-order valence-corrected chi connectivity index (χ4v) is 2.66. The minimum absolute atomic E-state index is 0.112. The summed E-state index contributed by atoms with van der Waals surface area (Å²) in [4.78, 5) is 29.4. The molecule has 2 aliphatic rings. The van der Waals surface area contributed by atoms with E-state index in [4.69, 9.17) is 9.84 Å². The van der Waals surface area contributed by atoms with Gasteiger partial charge in [0, 0.05) is 0 Å². The van der Waals surface area contributed by atoms with Crippen LogP contribution in [-0.4, -0.2) is 47.1 Å². The van der Waals surface area contributed by atoms with Crippen LogP contribution in [0.1, 0.15) is 0 Å². The van der Waals surface area contributed by atoms with Crippen LogP contribution in [0.25, 0.3) is 0 Å². The van der Waals surface area contributed by atoms with Gasteiger partial charge in [0.05, 0.1) is 23.8 Å². The maximum absolute atomic E-state index is 11.6. The molecule has 0 aromatic carbocycles. The lowest BCUT2D eigenvalue weighted by Gasteiger charge is -2.18. The van der Waals surface area contributed by atoms with E-state index < -0.39 is 12.2 Å². The first kappa shape index (κ1) is 12.2. The molecule has 7 nitrogen and oxygen atoms in total. The number of hydrogen-bond acceptors (Lipinski definition) is 6. The highest BCUT2D eigenvalue weighted by atomic mass is 32.2. The molecule has 8 heteroatoms. The summed E-state index contributed by atoms with van der Waals surface area (Å²) < 4.78 is 4.95. The molecule has 0 bridgehead atoms. The third-order valence-electron chi connectivity index (χ3n) is 2.81. The van der Waals surface area contributed by atoms with Gasteiger partial charge in [0.2, 0.25) is 5.91 Å². The third kappa shape index (κ3) is 2.24. The number of carbonyl (C=O) groups excluding carboxylic acids is 2. The lowest BCUT2D eigenvalue weighted by atomic mass is 10.3. The van der Waals surface area contributed by atoms with Gasteiger partial charge in [-0.1, -0.05) is 0 Å². The highest BCUT2D eigenvalue weighted by Crippen LogP contribution is 2.32. The van der Waals surface area contributed by atoms with Gasteiger partial charge in [-0.05, 0) is 12.1 Å². The highest BCUT2D eigenvalue weighted by Gasteiger charge is 2.33. The summed E-state index contributed by atoms with van der Waals surface area (Å²) in [6, 6.07) is 3.51. The summed E-state index contributed by atoms with van der Waals surface area (Å²) in [5.41, 5.74) is 0. The number of nitrogens with zero attached hydrogens (tertiary/aromatic N) is 2. The van der Waals surface area contributed by atoms with Crippen LogP contribution in [0.15, 0.2) is 17.0 Å². The Morgan fingerprint density at radius 1 is 1.53 bits per heavy atom. The summed E-state index contributed by atoms with van der Waals surface area (Å²) in [6.07, 6.45) is -1.07. The normalized spacial score (nSPS) is 21.9. The molecule has 1 fully saturated rings. The molecule has 2 aliphatic heterocycles. The fraction of sp³-hybridized carbons (Fsp3) is 0.364. The molecule has 0 saturated carbocycles. The van der Waals surface area contributed by atoms with Crippen molar-refractivity contribution in [3.63, 3.8) is 0 Å². The van der Waals surface area contributed by atoms with Crippen molar-refractivity contribution in [1.82, 2.24) is 4.98 Å². The van der Waals surface area contributed by atoms with E-state index in [9.17, 15) is 9.59 Å². The zero-order valence-electron chi connectivity index (χ0n) is 9.83. The molecule has 3 heterocycles. The number of anilines is 2. The monoisotopic (exact) mass is 281 g/mol. The molecule has 0 spiro atoms. The van der Waals surface area contributed by atoms with Crippen LogP contribution in [0.4, 0.5) is 16.4 Å². The Labute approximate surface area is 112 Å². The van der Waals surface area contributed by atoms with Crippen LogP contribution in [0.3, 0.4) is 0 Å². The van der Waals surface area contributed by atoms with Crippen LogP contribution in [0.2, 0.25) is 0 Å². The molecule has 3 rings (SSSR count). The van der Waals surface area contributed by atoms with Crippen molar-refractivity contribution in [3.8, 4) is 0 Å². The van der Waals surface area contributed by atoms with Gasteiger partial charge in [0.15, 0.2) is 0 Å². The number of rotatable bonds is 2. The maximum Gasteiger partial charge on any atom is 0.416 e. The molecule has 1 atom stereocenters. The summed E-state index contributed by atoms with van der Waals surface area (Å²) in [5, 5.41) is 11.7. The predicted octanol–water partition coefficient (Wildman–Crippen LogP) is 0.443. The molecular weight excluding hydrogens is 270 g/mol. The van der Waals surface area contributed by atoms with Gasteiger partial charge in [0.25, 0.3) is 0 Å². The van der Waals surface area contributed by atoms with Crippen LogP contribution < -0.4 is 10.2 Å². The maximum atomic E-state index is 11.6. The molecule has 1 saturated heterocycles. The van der Waals surface area contributed by atoms with Gasteiger partial charge < -0.3 is 15.2 Å². The zero-order chi connectivity index (χ0) is 13.4. The molecule has 2 N–H and O–H groups in total. The van der Waals surface area contributed by atoms with Crippen molar-refractivity contribution in [2.45, 2.75) is 11.0 Å². The number of amides is 2. The third-order valence-corrected chi connectivity index (χ3v) is 3.86. The molecule has 0 aliphatic carbocycles. The summed E-state index contributed by atoms with van der Waals surface area (Å²) in [7, 11) is 0. The predicted molar refractivity (Wildman–Crippen MR) is 68.3 cm³/mol. The van der Waals surface area contributed by atoms with Crippen molar-refractivity contribution >= 4 is 35.4 Å². The quantitative estimate of drug-likeness (QED) is 0.817. The van der Waals surface area contributed by atoms with Crippen LogP contribution >= 0.6 is 11.8 Å². The van der Waals surface area contributed by atoms with E-state index in [1.807, 2.05) is 0 Å². The Kier molecular flexibility index (Phi) is 3.03. The van der Waals surface area contributed by atoms with Gasteiger partial charge in [-0.3, -0.25) is 9.69 Å². The highest BCUT2D eigenvalue weighted by molar-refractivity contribution is 8.00. The van der Waals surface area contributed by atoms with E-state index in [2.05, 4.69) is 10.3 Å². The van der Waals surface area contributed by atoms with Crippen molar-refractivity contribution in [1.29, 1.82) is 0 Å². The molecule has 0 unspecified atom stereocenters. The van der Waals surface area contributed by atoms with Gasteiger partial charge in [-0.25, -0.2) is 9.78 Å². The summed E-state index contributed by atoms with van der Waals surface area (Å²) in [5.74, 6) is 1.12. The van der Waals surface area contributed by atoms with E-state index in [-0.39, 0.29) is 19.1 Å². The van der Waals surface area contributed by atoms with Crippen LogP contribution in [0, 0.1) is 0 Å². The number of thioether (sulfide) groups is 1. The van der Waals surface area contributed by atoms with Gasteiger partial charge in [0.1, 0.15) is 17.7 Å². The first-order chi connectivity index (χ1) is 9.17. The fourth-order valence-electron chi connectivity index (χ4n) is 1.91. The number of carbonyl (C=O) groups is 2. The number of cyclic esters (lactones) is 1. The number of nitrogens with one attached hydrogen (secondary N) is 1. The Morgan fingerprint density at radius 3 is 3.11 bits per heavy atom. The number of aromatic nitrogens is 1. The number of ether oxygens (including phenoxy) is 1. The molecular formula is C11H11N3O4S. The van der Waals surface area contributed by atoms with E-state index in [0.29, 0.717) is 17.4 Å². The number of hydrogen-bond donors (Lipinski definition) is 2. The second-order valence-corrected chi connectivity index (χ2v) is 5.17. The van der Waals surface area contributed by atoms with Gasteiger partial charge in [-0.2, -0.15) is 0 Å². The van der Waals surface area contributed by atoms with E-state index in [1.165, 1.54) is 16.7 Å². The first-order valence-corrected chi connectivity index (χ1v) is 6.68. The lowest BCUT2D eigenvalue weighted by molar-refractivity contribution is -0.113. The van der Waals surface area contributed by atoms with Gasteiger partial charge >= 0.3 is 6.09 Å². The minimum atomic E-state index is -0.540. The molecule has 100 valence electrons. The van der Waals surface area contributed by atoms with Gasteiger partial charge in [-0.15, -0.1) is 11.8 Å². The van der Waals surface area contributed by atoms with Crippen molar-refractivity contribution in [3.05, 3.63) is 12.1 Å². The van der Waals surface area contributed by atoms with E-state index in [1.54, 1.807) is 12.1 Å². The SMILES string of the molecule is O=C1CSc2ccc(N3C[C@H](CO)OC3=O)nc2N1. The number of fused-ring (bicyclic) bond motifs is 1. The second-order valence-electron chi connectivity index (χ2n) is 4.15. The minimum Gasteiger partial charge on any atom is -0.441 e. The van der Waals surface area contributed by atoms with Crippen LogP contribution in [-0.2, 0) is 9.53 Å². The standard InChI is InChI=1S/C11H11N3O4S/c15-4-6-3-14(11(17)18-6)8-2-1-7-10(12-8)13-9(16)5-19-7/h1-2,6,15H,3-5H2,(H,12,13,16)/t6-/m1/s1. The Bertz CT molecular complexity index is 551. The number of aliphatic hydroxyl groups excluding tert-OH is 1. The molecule has 2 amide bonds. The topological polar surface area (TPSA) is 91.8 Å². The number of aliphatic hydroxyl groups is 1. The molecule has 19 heavy (non-hydrogen) atoms. The van der Waals surface area contributed by atoms with E-state index >= 15 is 0 Å².